The minimum atomic E-state index is -3.56. The van der Waals surface area contributed by atoms with E-state index in [4.69, 9.17) is 21.1 Å². The van der Waals surface area contributed by atoms with Gasteiger partial charge in [0, 0.05) is 36.5 Å². The highest BCUT2D eigenvalue weighted by atomic mass is 35.5. The number of sulfonamides is 1. The van der Waals surface area contributed by atoms with Crippen LogP contribution in [0.1, 0.15) is 35.0 Å². The zero-order chi connectivity index (χ0) is 26.4. The minimum absolute atomic E-state index is 0.171. The van der Waals surface area contributed by atoms with E-state index in [1.807, 2.05) is 31.2 Å². The van der Waals surface area contributed by atoms with E-state index in [0.29, 0.717) is 43.2 Å². The van der Waals surface area contributed by atoms with Crippen molar-refractivity contribution in [3.8, 4) is 16.9 Å². The lowest BCUT2D eigenvalue weighted by Crippen LogP contribution is -2.36. The average Bonchev–Trinajstić information content (AvgIpc) is 3.29. The van der Waals surface area contributed by atoms with Crippen molar-refractivity contribution in [1.82, 2.24) is 15.0 Å². The number of halogens is 1. The Labute approximate surface area is 222 Å². The number of carbonyl (C=O) groups is 1. The van der Waals surface area contributed by atoms with Crippen LogP contribution in [-0.2, 0) is 27.6 Å². The van der Waals surface area contributed by atoms with Crippen LogP contribution in [0.2, 0.25) is 5.02 Å². The number of hydrogen-bond acceptors (Lipinski definition) is 6. The fourth-order valence-electron chi connectivity index (χ4n) is 4.22. The second kappa shape index (κ2) is 12.0. The maximum atomic E-state index is 13.2. The van der Waals surface area contributed by atoms with Gasteiger partial charge in [-0.15, -0.1) is 0 Å². The summed E-state index contributed by atoms with van der Waals surface area (Å²) in [6, 6.07) is 14.1. The van der Waals surface area contributed by atoms with Gasteiger partial charge < -0.3 is 14.8 Å². The lowest BCUT2D eigenvalue weighted by atomic mass is 10.1. The van der Waals surface area contributed by atoms with E-state index in [1.165, 1.54) is 0 Å². The van der Waals surface area contributed by atoms with E-state index < -0.39 is 10.0 Å². The molecule has 2 aromatic carbocycles. The summed E-state index contributed by atoms with van der Waals surface area (Å²) in [5.74, 6) is -0.0155. The molecule has 0 radical (unpaired) electrons. The van der Waals surface area contributed by atoms with Gasteiger partial charge in [-0.1, -0.05) is 36.7 Å². The first-order valence-electron chi connectivity index (χ1n) is 12.1. The molecular weight excluding hydrogens is 514 g/mol. The van der Waals surface area contributed by atoms with Crippen molar-refractivity contribution < 1.29 is 22.7 Å². The van der Waals surface area contributed by atoms with Crippen LogP contribution in [-0.4, -0.2) is 52.2 Å². The van der Waals surface area contributed by atoms with Gasteiger partial charge in [-0.2, -0.15) is 0 Å². The molecule has 1 unspecified atom stereocenters. The van der Waals surface area contributed by atoms with Gasteiger partial charge in [-0.3, -0.25) is 4.79 Å². The van der Waals surface area contributed by atoms with Crippen molar-refractivity contribution in [2.75, 3.05) is 26.9 Å². The normalized spacial score (nSPS) is 14.8. The number of amides is 1. The average molecular weight is 544 g/mol. The number of pyridine rings is 1. The van der Waals surface area contributed by atoms with Crippen LogP contribution < -0.4 is 14.8 Å². The van der Waals surface area contributed by atoms with E-state index in [9.17, 15) is 13.2 Å². The summed E-state index contributed by atoms with van der Waals surface area (Å²) in [6.07, 6.45) is 3.46. The smallest absolute Gasteiger partial charge is 0.273 e. The van der Waals surface area contributed by atoms with Crippen molar-refractivity contribution in [1.29, 1.82) is 0 Å². The van der Waals surface area contributed by atoms with Crippen LogP contribution in [0.3, 0.4) is 0 Å². The number of carbonyl (C=O) groups excluding carboxylic acids is 1. The zero-order valence-corrected chi connectivity index (χ0v) is 22.4. The zero-order valence-electron chi connectivity index (χ0n) is 20.8. The molecule has 196 valence electrons. The number of methoxy groups -OCH3 is 1. The van der Waals surface area contributed by atoms with Crippen LogP contribution in [0.25, 0.3) is 11.1 Å². The van der Waals surface area contributed by atoms with Crippen LogP contribution in [0, 0.1) is 0 Å². The Morgan fingerprint density at radius 2 is 1.89 bits per heavy atom. The maximum Gasteiger partial charge on any atom is 0.273 e. The van der Waals surface area contributed by atoms with Gasteiger partial charge in [0.25, 0.3) is 5.91 Å². The first kappa shape index (κ1) is 27.1. The summed E-state index contributed by atoms with van der Waals surface area (Å²) < 4.78 is 38.5. The standard InChI is InChI=1S/C27H30ClN3O5S/c1-3-9-30-37(33,34)24-8-7-19-13-23(14-20(19)15-24)31-27(32)26-25(36-11-10-35-2)16-21(17-29-26)18-5-4-6-22(28)12-18/h4-8,12,15-17,23,30H,3,9-11,13-14H2,1-2H3,(H,31,32). The number of nitrogens with zero attached hydrogens (tertiary/aromatic N) is 1. The van der Waals surface area contributed by atoms with E-state index >= 15 is 0 Å². The molecule has 4 rings (SSSR count). The largest absolute Gasteiger partial charge is 0.489 e. The number of benzene rings is 2. The monoisotopic (exact) mass is 543 g/mol. The summed E-state index contributed by atoms with van der Waals surface area (Å²) >= 11 is 6.14. The van der Waals surface area contributed by atoms with E-state index in [0.717, 1.165) is 22.3 Å². The Morgan fingerprint density at radius 1 is 1.08 bits per heavy atom. The van der Waals surface area contributed by atoms with E-state index in [2.05, 4.69) is 15.0 Å². The molecule has 3 aromatic rings. The topological polar surface area (TPSA) is 107 Å². The van der Waals surface area contributed by atoms with E-state index in [-0.39, 0.29) is 29.1 Å². The molecule has 37 heavy (non-hydrogen) atoms. The number of fused-ring (bicyclic) bond motifs is 1. The van der Waals surface area contributed by atoms with Gasteiger partial charge in [-0.25, -0.2) is 18.1 Å². The SMILES string of the molecule is CCCNS(=O)(=O)c1ccc2c(c1)CC(NC(=O)c1ncc(-c3cccc(Cl)c3)cc1OCCOC)C2. The molecule has 2 N–H and O–H groups in total. The second-order valence-corrected chi connectivity index (χ2v) is 11.0. The van der Waals surface area contributed by atoms with Crippen molar-refractivity contribution in [2.24, 2.45) is 0 Å². The molecule has 1 amide bonds. The lowest BCUT2D eigenvalue weighted by Gasteiger charge is -2.15. The first-order valence-corrected chi connectivity index (χ1v) is 14.0. The number of nitrogens with one attached hydrogen (secondary N) is 2. The molecule has 0 aliphatic heterocycles. The number of rotatable bonds is 11. The number of hydrogen-bond donors (Lipinski definition) is 2. The van der Waals surface area contributed by atoms with Crippen LogP contribution >= 0.6 is 11.6 Å². The highest BCUT2D eigenvalue weighted by Gasteiger charge is 2.27. The second-order valence-electron chi connectivity index (χ2n) is 8.83. The molecule has 1 aromatic heterocycles. The Hall–Kier alpha value is -2.98. The highest BCUT2D eigenvalue weighted by molar-refractivity contribution is 7.89. The lowest BCUT2D eigenvalue weighted by molar-refractivity contribution is 0.0925. The molecule has 0 fully saturated rings. The van der Waals surface area contributed by atoms with Crippen molar-refractivity contribution in [3.05, 3.63) is 76.6 Å². The Kier molecular flexibility index (Phi) is 8.81. The first-order chi connectivity index (χ1) is 17.8. The van der Waals surface area contributed by atoms with Crippen LogP contribution in [0.4, 0.5) is 0 Å². The molecule has 1 aliphatic rings. The van der Waals surface area contributed by atoms with Gasteiger partial charge in [0.05, 0.1) is 11.5 Å². The molecule has 0 saturated heterocycles. The summed E-state index contributed by atoms with van der Waals surface area (Å²) in [4.78, 5) is 17.9. The fourth-order valence-corrected chi connectivity index (χ4v) is 5.60. The van der Waals surface area contributed by atoms with E-state index in [1.54, 1.807) is 37.6 Å². The van der Waals surface area contributed by atoms with Gasteiger partial charge >= 0.3 is 0 Å². The number of aromatic nitrogens is 1. The molecule has 8 nitrogen and oxygen atoms in total. The molecule has 0 bridgehead atoms. The Bertz CT molecular complexity index is 1380. The van der Waals surface area contributed by atoms with Crippen molar-refractivity contribution >= 4 is 27.5 Å². The molecule has 1 aliphatic carbocycles. The molecule has 10 heteroatoms. The third kappa shape index (κ3) is 6.67. The predicted molar refractivity (Wildman–Crippen MR) is 143 cm³/mol. The van der Waals surface area contributed by atoms with Gasteiger partial charge in [0.1, 0.15) is 6.61 Å². The molecule has 0 spiro atoms. The maximum absolute atomic E-state index is 13.2. The predicted octanol–water partition coefficient (Wildman–Crippen LogP) is 4.01. The minimum Gasteiger partial charge on any atom is -0.489 e. The number of ether oxygens (including phenoxy) is 2. The van der Waals surface area contributed by atoms with Gasteiger partial charge in [0.2, 0.25) is 10.0 Å². The summed E-state index contributed by atoms with van der Waals surface area (Å²) in [5.41, 5.74) is 3.72. The Balaban J connectivity index is 1.51. The molecule has 0 saturated carbocycles. The fraction of sp³-hybridized carbons (Fsp3) is 0.333. The third-order valence-electron chi connectivity index (χ3n) is 6.07. The highest BCUT2D eigenvalue weighted by Crippen LogP contribution is 2.29. The van der Waals surface area contributed by atoms with Crippen LogP contribution in [0.5, 0.6) is 5.75 Å². The summed E-state index contributed by atoms with van der Waals surface area (Å²) in [7, 11) is -1.98. The molecule has 1 heterocycles. The van der Waals surface area contributed by atoms with Gasteiger partial charge in [-0.05, 0) is 66.3 Å². The summed E-state index contributed by atoms with van der Waals surface area (Å²) in [6.45, 7) is 2.91. The van der Waals surface area contributed by atoms with Crippen LogP contribution in [0.15, 0.2) is 59.6 Å². The molecular formula is C27H30ClN3O5S. The third-order valence-corrected chi connectivity index (χ3v) is 7.76. The molecule has 1 atom stereocenters. The quantitative estimate of drug-likeness (QED) is 0.354. The summed E-state index contributed by atoms with van der Waals surface area (Å²) in [5, 5.41) is 3.63. The van der Waals surface area contributed by atoms with Crippen molar-refractivity contribution in [2.45, 2.75) is 37.1 Å². The van der Waals surface area contributed by atoms with Crippen molar-refractivity contribution in [3.63, 3.8) is 0 Å². The van der Waals surface area contributed by atoms with Gasteiger partial charge in [0.15, 0.2) is 11.4 Å². The Morgan fingerprint density at radius 3 is 2.65 bits per heavy atom.